The average molecular weight is 285 g/mol. The van der Waals surface area contributed by atoms with Gasteiger partial charge >= 0.3 is 18.2 Å². The number of carbonyl (C=O) groups excluding carboxylic acids is 2. The van der Waals surface area contributed by atoms with Gasteiger partial charge in [-0.2, -0.15) is 13.2 Å². The topological polar surface area (TPSA) is 64.6 Å². The van der Waals surface area contributed by atoms with Crippen LogP contribution in [0, 0.1) is 0 Å². The molecule has 0 aliphatic heterocycles. The maximum absolute atomic E-state index is 12.3. The van der Waals surface area contributed by atoms with Gasteiger partial charge in [0.25, 0.3) is 0 Å². The zero-order chi connectivity index (χ0) is 15.3. The van der Waals surface area contributed by atoms with Crippen LogP contribution < -0.4 is 5.32 Å². The Hall–Kier alpha value is -1.47. The summed E-state index contributed by atoms with van der Waals surface area (Å²) in [5.41, 5.74) is -0.873. The number of esters is 1. The number of rotatable bonds is 4. The first kappa shape index (κ1) is 17.5. The first-order valence-electron chi connectivity index (χ1n) is 5.67. The number of carbonyl (C=O) groups is 2. The summed E-state index contributed by atoms with van der Waals surface area (Å²) in [6.45, 7) is 6.03. The lowest BCUT2D eigenvalue weighted by molar-refractivity contribution is -0.162. The Labute approximate surface area is 109 Å². The molecule has 5 nitrogen and oxygen atoms in total. The van der Waals surface area contributed by atoms with Crippen molar-refractivity contribution in [2.75, 3.05) is 6.61 Å². The Balaban J connectivity index is 4.67. The van der Waals surface area contributed by atoms with Crippen molar-refractivity contribution in [3.05, 3.63) is 0 Å². The van der Waals surface area contributed by atoms with Crippen LogP contribution in [0.15, 0.2) is 0 Å². The molecular weight excluding hydrogens is 267 g/mol. The molecular formula is C11H18F3NO4. The number of amides is 1. The van der Waals surface area contributed by atoms with E-state index in [0.29, 0.717) is 0 Å². The molecule has 0 aromatic carbocycles. The summed E-state index contributed by atoms with van der Waals surface area (Å²) >= 11 is 0. The molecule has 0 aliphatic carbocycles. The van der Waals surface area contributed by atoms with Gasteiger partial charge in [0.2, 0.25) is 0 Å². The average Bonchev–Trinajstić information content (AvgIpc) is 2.11. The number of alkyl halides is 3. The Kier molecular flexibility index (Phi) is 6.11. The van der Waals surface area contributed by atoms with E-state index in [1.807, 2.05) is 5.32 Å². The molecule has 1 atom stereocenters. The van der Waals surface area contributed by atoms with Crippen molar-refractivity contribution in [1.29, 1.82) is 0 Å². The van der Waals surface area contributed by atoms with Gasteiger partial charge in [-0.15, -0.1) is 0 Å². The molecule has 0 rings (SSSR count). The quantitative estimate of drug-likeness (QED) is 0.805. The number of nitrogens with one attached hydrogen (secondary N) is 1. The van der Waals surface area contributed by atoms with E-state index in [1.165, 1.54) is 6.92 Å². The molecule has 112 valence electrons. The number of alkyl carbamates (subject to hydrolysis) is 1. The van der Waals surface area contributed by atoms with Crippen LogP contribution in [0.4, 0.5) is 18.0 Å². The van der Waals surface area contributed by atoms with Crippen molar-refractivity contribution in [2.24, 2.45) is 0 Å². The third-order valence-electron chi connectivity index (χ3n) is 1.70. The molecule has 0 saturated heterocycles. The fraction of sp³-hybridized carbons (Fsp3) is 0.818. The van der Waals surface area contributed by atoms with Crippen molar-refractivity contribution in [3.8, 4) is 0 Å². The van der Waals surface area contributed by atoms with Gasteiger partial charge < -0.3 is 14.8 Å². The number of hydrogen-bond donors (Lipinski definition) is 1. The van der Waals surface area contributed by atoms with Gasteiger partial charge in [-0.25, -0.2) is 9.59 Å². The maximum Gasteiger partial charge on any atom is 0.408 e. The Morgan fingerprint density at radius 1 is 1.21 bits per heavy atom. The van der Waals surface area contributed by atoms with Crippen LogP contribution >= 0.6 is 0 Å². The molecule has 1 amide bonds. The van der Waals surface area contributed by atoms with Crippen LogP contribution in [0.1, 0.15) is 34.1 Å². The number of hydrogen-bond acceptors (Lipinski definition) is 4. The minimum Gasteiger partial charge on any atom is -0.464 e. The molecule has 1 N–H and O–H groups in total. The van der Waals surface area contributed by atoms with E-state index in [4.69, 9.17) is 4.74 Å². The molecule has 0 spiro atoms. The van der Waals surface area contributed by atoms with Crippen molar-refractivity contribution in [1.82, 2.24) is 5.32 Å². The van der Waals surface area contributed by atoms with Crippen molar-refractivity contribution in [3.63, 3.8) is 0 Å². The SMILES string of the molecule is CCOC(=O)[C@H](CC(F)(F)F)NC(=O)OC(C)(C)C. The normalized spacial score (nSPS) is 13.6. The first-order chi connectivity index (χ1) is 8.44. The van der Waals surface area contributed by atoms with Gasteiger partial charge in [0.15, 0.2) is 0 Å². The summed E-state index contributed by atoms with van der Waals surface area (Å²) in [7, 11) is 0. The van der Waals surface area contributed by atoms with E-state index < -0.39 is 36.3 Å². The van der Waals surface area contributed by atoms with Gasteiger partial charge in [0, 0.05) is 0 Å². The molecule has 0 aliphatic rings. The first-order valence-corrected chi connectivity index (χ1v) is 5.67. The van der Waals surface area contributed by atoms with Crippen LogP contribution in [0.5, 0.6) is 0 Å². The van der Waals surface area contributed by atoms with E-state index in [1.54, 1.807) is 20.8 Å². The van der Waals surface area contributed by atoms with Gasteiger partial charge in [-0.3, -0.25) is 0 Å². The summed E-state index contributed by atoms with van der Waals surface area (Å²) in [6, 6.07) is -1.81. The van der Waals surface area contributed by atoms with E-state index in [9.17, 15) is 22.8 Å². The minimum absolute atomic E-state index is 0.0802. The van der Waals surface area contributed by atoms with Crippen LogP contribution in [-0.2, 0) is 14.3 Å². The molecule has 0 heterocycles. The predicted molar refractivity (Wildman–Crippen MR) is 60.5 cm³/mol. The van der Waals surface area contributed by atoms with E-state index >= 15 is 0 Å². The largest absolute Gasteiger partial charge is 0.464 e. The summed E-state index contributed by atoms with van der Waals surface area (Å²) in [5.74, 6) is -1.15. The van der Waals surface area contributed by atoms with Crippen LogP contribution in [-0.4, -0.2) is 36.5 Å². The zero-order valence-corrected chi connectivity index (χ0v) is 11.3. The highest BCUT2D eigenvalue weighted by Crippen LogP contribution is 2.22. The lowest BCUT2D eigenvalue weighted by atomic mass is 10.2. The van der Waals surface area contributed by atoms with Crippen LogP contribution in [0.25, 0.3) is 0 Å². The highest BCUT2D eigenvalue weighted by molar-refractivity contribution is 5.81. The third-order valence-corrected chi connectivity index (χ3v) is 1.70. The second-order valence-electron chi connectivity index (χ2n) is 4.77. The highest BCUT2D eigenvalue weighted by Gasteiger charge is 2.37. The van der Waals surface area contributed by atoms with Crippen molar-refractivity contribution in [2.45, 2.75) is 51.9 Å². The Morgan fingerprint density at radius 3 is 2.11 bits per heavy atom. The van der Waals surface area contributed by atoms with Gasteiger partial charge in [0.1, 0.15) is 11.6 Å². The molecule has 8 heteroatoms. The summed E-state index contributed by atoms with van der Waals surface area (Å²) in [4.78, 5) is 22.7. The van der Waals surface area contributed by atoms with Crippen molar-refractivity contribution < 1.29 is 32.2 Å². The van der Waals surface area contributed by atoms with Crippen molar-refractivity contribution >= 4 is 12.1 Å². The molecule has 0 aromatic heterocycles. The van der Waals surface area contributed by atoms with Gasteiger partial charge in [-0.05, 0) is 27.7 Å². The Morgan fingerprint density at radius 2 is 1.74 bits per heavy atom. The number of halogens is 3. The second kappa shape index (κ2) is 6.63. The minimum atomic E-state index is -4.60. The summed E-state index contributed by atoms with van der Waals surface area (Å²) < 4.78 is 46.1. The summed E-state index contributed by atoms with van der Waals surface area (Å²) in [6.07, 6.45) is -7.22. The zero-order valence-electron chi connectivity index (χ0n) is 11.3. The molecule has 0 unspecified atom stereocenters. The standard InChI is InChI=1S/C11H18F3NO4/c1-5-18-8(16)7(6-11(12,13)14)15-9(17)19-10(2,3)4/h7H,5-6H2,1-4H3,(H,15,17)/t7-/m0/s1. The molecule has 0 fully saturated rings. The lowest BCUT2D eigenvalue weighted by Crippen LogP contribution is -2.46. The molecule has 0 aromatic rings. The molecule has 19 heavy (non-hydrogen) atoms. The van der Waals surface area contributed by atoms with E-state index in [2.05, 4.69) is 4.74 Å². The predicted octanol–water partition coefficient (Wildman–Crippen LogP) is 2.40. The third kappa shape index (κ3) is 9.15. The van der Waals surface area contributed by atoms with E-state index in [-0.39, 0.29) is 6.61 Å². The molecule has 0 radical (unpaired) electrons. The van der Waals surface area contributed by atoms with Gasteiger partial charge in [0.05, 0.1) is 13.0 Å². The van der Waals surface area contributed by atoms with E-state index in [0.717, 1.165) is 0 Å². The fourth-order valence-corrected chi connectivity index (χ4v) is 1.12. The second-order valence-corrected chi connectivity index (χ2v) is 4.77. The lowest BCUT2D eigenvalue weighted by Gasteiger charge is -2.23. The monoisotopic (exact) mass is 285 g/mol. The smallest absolute Gasteiger partial charge is 0.408 e. The van der Waals surface area contributed by atoms with Gasteiger partial charge in [-0.1, -0.05) is 0 Å². The van der Waals surface area contributed by atoms with Crippen LogP contribution in [0.2, 0.25) is 0 Å². The maximum atomic E-state index is 12.3. The fourth-order valence-electron chi connectivity index (χ4n) is 1.12. The highest BCUT2D eigenvalue weighted by atomic mass is 19.4. The summed E-state index contributed by atoms with van der Waals surface area (Å²) in [5, 5.41) is 1.86. The Bertz CT molecular complexity index is 323. The van der Waals surface area contributed by atoms with Crippen LogP contribution in [0.3, 0.4) is 0 Å². The number of ether oxygens (including phenoxy) is 2. The molecule has 0 saturated carbocycles. The molecule has 0 bridgehead atoms.